The lowest BCUT2D eigenvalue weighted by molar-refractivity contribution is -0.384. The summed E-state index contributed by atoms with van der Waals surface area (Å²) in [6.45, 7) is 1.92. The number of carbonyl (C=O) groups excluding carboxylic acids is 2. The molecule has 2 heterocycles. The number of rotatable bonds is 6. The number of carbonyl (C=O) groups is 2. The van der Waals surface area contributed by atoms with Crippen molar-refractivity contribution in [1.29, 1.82) is 0 Å². The summed E-state index contributed by atoms with van der Waals surface area (Å²) in [7, 11) is 0. The molecule has 2 aromatic heterocycles. The van der Waals surface area contributed by atoms with Crippen molar-refractivity contribution in [2.24, 2.45) is 0 Å². The van der Waals surface area contributed by atoms with Crippen molar-refractivity contribution < 1.29 is 18.9 Å². The van der Waals surface area contributed by atoms with Crippen molar-refractivity contribution in [2.45, 2.75) is 6.92 Å². The minimum absolute atomic E-state index is 0.0630. The summed E-state index contributed by atoms with van der Waals surface area (Å²) >= 11 is 1.40. The molecule has 4 aromatic rings. The number of nitrogens with one attached hydrogen (secondary N) is 2. The lowest BCUT2D eigenvalue weighted by Gasteiger charge is -2.05. The Kier molecular flexibility index (Phi) is 5.73. The minimum atomic E-state index is -0.511. The normalized spacial score (nSPS) is 10.5. The fraction of sp³-hybridized carbons (Fsp3) is 0.0476. The lowest BCUT2D eigenvalue weighted by atomic mass is 10.2. The van der Waals surface area contributed by atoms with Gasteiger partial charge < -0.3 is 9.73 Å². The molecule has 32 heavy (non-hydrogen) atoms. The summed E-state index contributed by atoms with van der Waals surface area (Å²) in [5, 5.41) is 23.6. The highest BCUT2D eigenvalue weighted by Crippen LogP contribution is 2.23. The van der Waals surface area contributed by atoms with Gasteiger partial charge in [-0.1, -0.05) is 5.10 Å². The van der Waals surface area contributed by atoms with Gasteiger partial charge in [-0.25, -0.2) is 0 Å². The standard InChI is InChI=1S/C21H15N5O5S/c1-12-2-11-17(32-12)19(28)22-15-7-3-13(4-8-15)18(27)23-21-25-24-20(31-21)14-5-9-16(10-6-14)26(29)30/h2-11H,1H3,(H,22,28)(H,23,25,27). The van der Waals surface area contributed by atoms with Crippen molar-refractivity contribution in [3.05, 3.63) is 86.1 Å². The number of hydrogen-bond acceptors (Lipinski definition) is 8. The highest BCUT2D eigenvalue weighted by molar-refractivity contribution is 7.14. The molecular formula is C21H15N5O5S. The first kappa shape index (κ1) is 20.9. The third-order valence-corrected chi connectivity index (χ3v) is 5.34. The molecule has 160 valence electrons. The monoisotopic (exact) mass is 449 g/mol. The first-order chi connectivity index (χ1) is 15.4. The SMILES string of the molecule is Cc1ccc(C(=O)Nc2ccc(C(=O)Nc3nnc(-c4ccc([N+](=O)[O-])cc4)o3)cc2)s1. The minimum Gasteiger partial charge on any atom is -0.403 e. The largest absolute Gasteiger partial charge is 0.403 e. The molecule has 0 aliphatic heterocycles. The number of aryl methyl sites for hydroxylation is 1. The van der Waals surface area contributed by atoms with E-state index in [1.54, 1.807) is 30.3 Å². The van der Waals surface area contributed by atoms with E-state index in [1.807, 2.05) is 13.0 Å². The Morgan fingerprint density at radius 2 is 1.66 bits per heavy atom. The smallest absolute Gasteiger partial charge is 0.322 e. The van der Waals surface area contributed by atoms with Crippen LogP contribution in [0.4, 0.5) is 17.4 Å². The summed E-state index contributed by atoms with van der Waals surface area (Å²) in [4.78, 5) is 36.5. The molecule has 0 saturated carbocycles. The molecule has 11 heteroatoms. The predicted molar refractivity (Wildman–Crippen MR) is 118 cm³/mol. The summed E-state index contributed by atoms with van der Waals surface area (Å²) in [6.07, 6.45) is 0. The number of anilines is 2. The van der Waals surface area contributed by atoms with Gasteiger partial charge in [-0.15, -0.1) is 16.4 Å². The van der Waals surface area contributed by atoms with Crippen LogP contribution in [0.15, 0.2) is 65.1 Å². The molecule has 0 saturated heterocycles. The number of non-ortho nitro benzene ring substituents is 1. The van der Waals surface area contributed by atoms with E-state index in [9.17, 15) is 19.7 Å². The summed E-state index contributed by atoms with van der Waals surface area (Å²) < 4.78 is 5.41. The van der Waals surface area contributed by atoms with Crippen LogP contribution in [0.5, 0.6) is 0 Å². The van der Waals surface area contributed by atoms with E-state index in [1.165, 1.54) is 35.6 Å². The average molecular weight is 449 g/mol. The van der Waals surface area contributed by atoms with Crippen molar-refractivity contribution in [3.63, 3.8) is 0 Å². The number of hydrogen-bond donors (Lipinski definition) is 2. The number of thiophene rings is 1. The van der Waals surface area contributed by atoms with Crippen molar-refractivity contribution in [1.82, 2.24) is 10.2 Å². The summed E-state index contributed by atoms with van der Waals surface area (Å²) in [5.74, 6) is -0.585. The van der Waals surface area contributed by atoms with Crippen LogP contribution in [-0.2, 0) is 0 Å². The van der Waals surface area contributed by atoms with Crippen molar-refractivity contribution in [3.8, 4) is 11.5 Å². The van der Waals surface area contributed by atoms with Crippen LogP contribution >= 0.6 is 11.3 Å². The van der Waals surface area contributed by atoms with E-state index in [0.717, 1.165) is 4.88 Å². The van der Waals surface area contributed by atoms with Crippen molar-refractivity contribution >= 4 is 40.5 Å². The molecule has 0 aliphatic rings. The van der Waals surface area contributed by atoms with Gasteiger partial charge >= 0.3 is 6.01 Å². The van der Waals surface area contributed by atoms with Crippen LogP contribution < -0.4 is 10.6 Å². The maximum Gasteiger partial charge on any atom is 0.322 e. The quantitative estimate of drug-likeness (QED) is 0.326. The van der Waals surface area contributed by atoms with E-state index >= 15 is 0 Å². The van der Waals surface area contributed by atoms with Crippen LogP contribution in [0, 0.1) is 17.0 Å². The molecule has 4 rings (SSSR count). The molecule has 0 bridgehead atoms. The predicted octanol–water partition coefficient (Wildman–Crippen LogP) is 4.52. The third-order valence-electron chi connectivity index (χ3n) is 4.34. The van der Waals surface area contributed by atoms with Crippen LogP contribution in [0.1, 0.15) is 24.9 Å². The van der Waals surface area contributed by atoms with Gasteiger partial charge in [0.15, 0.2) is 0 Å². The highest BCUT2D eigenvalue weighted by Gasteiger charge is 2.15. The average Bonchev–Trinajstić information content (AvgIpc) is 3.43. The van der Waals surface area contributed by atoms with Gasteiger partial charge in [-0.05, 0) is 55.5 Å². The van der Waals surface area contributed by atoms with E-state index in [2.05, 4.69) is 20.8 Å². The molecule has 0 atom stereocenters. The van der Waals surface area contributed by atoms with E-state index in [0.29, 0.717) is 21.7 Å². The number of benzene rings is 2. The summed E-state index contributed by atoms with van der Waals surface area (Å²) in [6, 6.07) is 15.4. The number of nitro benzene ring substituents is 1. The van der Waals surface area contributed by atoms with Gasteiger partial charge in [-0.3, -0.25) is 25.0 Å². The fourth-order valence-corrected chi connectivity index (χ4v) is 3.50. The zero-order chi connectivity index (χ0) is 22.7. The Bertz CT molecular complexity index is 1290. The van der Waals surface area contributed by atoms with E-state index < -0.39 is 10.8 Å². The molecular weight excluding hydrogens is 434 g/mol. The fourth-order valence-electron chi connectivity index (χ4n) is 2.74. The number of nitro groups is 1. The summed E-state index contributed by atoms with van der Waals surface area (Å²) in [5.41, 5.74) is 1.29. The second-order valence-electron chi connectivity index (χ2n) is 6.61. The molecule has 10 nitrogen and oxygen atoms in total. The van der Waals surface area contributed by atoms with E-state index in [4.69, 9.17) is 4.42 Å². The Morgan fingerprint density at radius 3 is 2.28 bits per heavy atom. The molecule has 2 aromatic carbocycles. The molecule has 0 radical (unpaired) electrons. The number of amides is 2. The van der Waals surface area contributed by atoms with Gasteiger partial charge in [-0.2, -0.15) is 0 Å². The zero-order valence-electron chi connectivity index (χ0n) is 16.6. The van der Waals surface area contributed by atoms with Crippen LogP contribution in [0.3, 0.4) is 0 Å². The van der Waals surface area contributed by atoms with Gasteiger partial charge in [0.2, 0.25) is 5.89 Å². The van der Waals surface area contributed by atoms with E-state index in [-0.39, 0.29) is 23.5 Å². The van der Waals surface area contributed by atoms with Crippen LogP contribution in [-0.4, -0.2) is 26.9 Å². The van der Waals surface area contributed by atoms with Gasteiger partial charge in [0.25, 0.3) is 17.5 Å². The zero-order valence-corrected chi connectivity index (χ0v) is 17.4. The molecule has 0 fully saturated rings. The Hall–Kier alpha value is -4.38. The second-order valence-corrected chi connectivity index (χ2v) is 7.90. The first-order valence-electron chi connectivity index (χ1n) is 9.26. The molecule has 2 amide bonds. The second kappa shape index (κ2) is 8.78. The molecule has 2 N–H and O–H groups in total. The Morgan fingerprint density at radius 1 is 0.938 bits per heavy atom. The van der Waals surface area contributed by atoms with Gasteiger partial charge in [0, 0.05) is 33.8 Å². The third kappa shape index (κ3) is 4.68. The van der Waals surface area contributed by atoms with Crippen LogP contribution in [0.25, 0.3) is 11.5 Å². The lowest BCUT2D eigenvalue weighted by Crippen LogP contribution is -2.13. The van der Waals surface area contributed by atoms with Gasteiger partial charge in [0.05, 0.1) is 9.80 Å². The van der Waals surface area contributed by atoms with Gasteiger partial charge in [0.1, 0.15) is 0 Å². The molecule has 0 unspecified atom stereocenters. The highest BCUT2D eigenvalue weighted by atomic mass is 32.1. The van der Waals surface area contributed by atoms with Crippen LogP contribution in [0.2, 0.25) is 0 Å². The Labute approximate surface area is 185 Å². The Balaban J connectivity index is 1.39. The maximum atomic E-state index is 12.4. The topological polar surface area (TPSA) is 140 Å². The van der Waals surface area contributed by atoms with Crippen molar-refractivity contribution in [2.75, 3.05) is 10.6 Å². The molecule has 0 aliphatic carbocycles. The number of aromatic nitrogens is 2. The molecule has 0 spiro atoms. The first-order valence-corrected chi connectivity index (χ1v) is 10.1. The maximum absolute atomic E-state index is 12.4. The number of nitrogens with zero attached hydrogens (tertiary/aromatic N) is 3.